The smallest absolute Gasteiger partial charge is 0.427 e. The highest BCUT2D eigenvalue weighted by atomic mass is 32.1. The van der Waals surface area contributed by atoms with Crippen LogP contribution in [0.5, 0.6) is 0 Å². The molecule has 0 aliphatic heterocycles. The summed E-state index contributed by atoms with van der Waals surface area (Å²) in [4.78, 5) is 33.4. The SMILES string of the molecule is CCOC(=O)N/N=C(/C)c1cc([N+](=O)[O-])c(-c2ccc([N+](=O)[O-])s2)s1. The average Bonchev–Trinajstić information content (AvgIpc) is 3.19. The molecule has 2 rings (SSSR count). The number of carbonyl (C=O) groups excluding carboxylic acids is 1. The lowest BCUT2D eigenvalue weighted by Crippen LogP contribution is -2.20. The molecule has 0 atom stereocenters. The van der Waals surface area contributed by atoms with Crippen molar-refractivity contribution in [2.75, 3.05) is 6.61 Å². The Morgan fingerprint density at radius 3 is 2.56 bits per heavy atom. The summed E-state index contributed by atoms with van der Waals surface area (Å²) in [5, 5.41) is 25.8. The Hall–Kier alpha value is -2.86. The van der Waals surface area contributed by atoms with Crippen molar-refractivity contribution in [3.63, 3.8) is 0 Å². The maximum absolute atomic E-state index is 11.3. The highest BCUT2D eigenvalue weighted by molar-refractivity contribution is 7.24. The molecule has 1 N–H and O–H groups in total. The molecule has 0 unspecified atom stereocenters. The molecule has 0 aliphatic carbocycles. The Morgan fingerprint density at radius 1 is 1.28 bits per heavy atom. The first-order chi connectivity index (χ1) is 11.8. The second kappa shape index (κ2) is 7.81. The minimum absolute atomic E-state index is 0.103. The summed E-state index contributed by atoms with van der Waals surface area (Å²) in [5.41, 5.74) is 2.34. The summed E-state index contributed by atoms with van der Waals surface area (Å²) in [6.45, 7) is 3.40. The van der Waals surface area contributed by atoms with Crippen LogP contribution in [0.3, 0.4) is 0 Å². The van der Waals surface area contributed by atoms with E-state index in [0.717, 1.165) is 22.7 Å². The molecule has 2 aromatic heterocycles. The van der Waals surface area contributed by atoms with E-state index in [1.54, 1.807) is 13.8 Å². The average molecular weight is 384 g/mol. The van der Waals surface area contributed by atoms with Gasteiger partial charge in [-0.1, -0.05) is 11.3 Å². The van der Waals surface area contributed by atoms with Gasteiger partial charge in [0.15, 0.2) is 0 Å². The van der Waals surface area contributed by atoms with Gasteiger partial charge in [-0.25, -0.2) is 10.2 Å². The molecule has 0 fully saturated rings. The summed E-state index contributed by atoms with van der Waals surface area (Å²) in [7, 11) is 0. The number of nitrogens with zero attached hydrogens (tertiary/aromatic N) is 3. The maximum Gasteiger partial charge on any atom is 0.427 e. The van der Waals surface area contributed by atoms with Crippen LogP contribution in [-0.2, 0) is 4.74 Å². The van der Waals surface area contributed by atoms with Gasteiger partial charge in [0.2, 0.25) is 0 Å². The third-order valence-corrected chi connectivity index (χ3v) is 5.30. The van der Waals surface area contributed by atoms with E-state index in [4.69, 9.17) is 0 Å². The lowest BCUT2D eigenvalue weighted by atomic mass is 10.3. The van der Waals surface area contributed by atoms with Crippen molar-refractivity contribution in [1.82, 2.24) is 5.43 Å². The van der Waals surface area contributed by atoms with E-state index >= 15 is 0 Å². The Kier molecular flexibility index (Phi) is 5.77. The van der Waals surface area contributed by atoms with Crippen LogP contribution in [0.15, 0.2) is 23.3 Å². The third-order valence-electron chi connectivity index (χ3n) is 2.85. The van der Waals surface area contributed by atoms with Gasteiger partial charge in [-0.3, -0.25) is 20.2 Å². The molecule has 10 nitrogen and oxygen atoms in total. The molecule has 12 heteroatoms. The molecule has 25 heavy (non-hydrogen) atoms. The normalized spacial score (nSPS) is 11.2. The predicted molar refractivity (Wildman–Crippen MR) is 93.3 cm³/mol. The number of rotatable bonds is 6. The fourth-order valence-corrected chi connectivity index (χ4v) is 3.78. The van der Waals surface area contributed by atoms with Crippen molar-refractivity contribution in [1.29, 1.82) is 0 Å². The standard InChI is InChI=1S/C13H12N4O6S2/c1-3-23-13(18)15-14-7(2)10-6-8(16(19)20)12(25-10)9-4-5-11(24-9)17(21)22/h4-6H,3H2,1-2H3,(H,15,18)/b14-7-. The van der Waals surface area contributed by atoms with Gasteiger partial charge in [0.1, 0.15) is 4.88 Å². The van der Waals surface area contributed by atoms with E-state index < -0.39 is 15.9 Å². The zero-order valence-electron chi connectivity index (χ0n) is 13.0. The van der Waals surface area contributed by atoms with Gasteiger partial charge in [-0.2, -0.15) is 5.10 Å². The lowest BCUT2D eigenvalue weighted by molar-refractivity contribution is -0.383. The summed E-state index contributed by atoms with van der Waals surface area (Å²) < 4.78 is 4.67. The van der Waals surface area contributed by atoms with Crippen molar-refractivity contribution in [3.05, 3.63) is 43.3 Å². The first-order valence-electron chi connectivity index (χ1n) is 6.83. The largest absolute Gasteiger partial charge is 0.449 e. The number of thiophene rings is 2. The molecule has 0 spiro atoms. The van der Waals surface area contributed by atoms with Crippen LogP contribution < -0.4 is 5.43 Å². The van der Waals surface area contributed by atoms with Crippen LogP contribution in [0.1, 0.15) is 18.7 Å². The molecule has 2 aromatic rings. The number of hydrogen-bond donors (Lipinski definition) is 1. The molecule has 2 heterocycles. The fourth-order valence-electron chi connectivity index (χ4n) is 1.77. The second-order valence-electron chi connectivity index (χ2n) is 4.51. The number of nitrogens with one attached hydrogen (secondary N) is 1. The topological polar surface area (TPSA) is 137 Å². The number of ether oxygens (including phenoxy) is 1. The van der Waals surface area contributed by atoms with Crippen LogP contribution in [-0.4, -0.2) is 28.3 Å². The van der Waals surface area contributed by atoms with E-state index in [1.807, 2.05) is 0 Å². The van der Waals surface area contributed by atoms with Crippen LogP contribution in [0.4, 0.5) is 15.5 Å². The number of hydrogen-bond acceptors (Lipinski definition) is 9. The summed E-state index contributed by atoms with van der Waals surface area (Å²) >= 11 is 1.92. The predicted octanol–water partition coefficient (Wildman–Crippen LogP) is 3.76. The summed E-state index contributed by atoms with van der Waals surface area (Å²) in [6, 6.07) is 4.08. The number of hydrazone groups is 1. The first kappa shape index (κ1) is 18.5. The second-order valence-corrected chi connectivity index (χ2v) is 6.62. The fraction of sp³-hybridized carbons (Fsp3) is 0.231. The molecule has 132 valence electrons. The Bertz CT molecular complexity index is 857. The van der Waals surface area contributed by atoms with E-state index in [1.165, 1.54) is 18.2 Å². The molecule has 0 radical (unpaired) electrons. The van der Waals surface area contributed by atoms with Crippen LogP contribution >= 0.6 is 22.7 Å². The van der Waals surface area contributed by atoms with Crippen LogP contribution in [0.25, 0.3) is 9.75 Å². The Morgan fingerprint density at radius 2 is 2.00 bits per heavy atom. The first-order valence-corrected chi connectivity index (χ1v) is 8.47. The van der Waals surface area contributed by atoms with E-state index in [-0.39, 0.29) is 17.3 Å². The van der Waals surface area contributed by atoms with Gasteiger partial charge < -0.3 is 4.74 Å². The van der Waals surface area contributed by atoms with Crippen molar-refractivity contribution >= 4 is 45.2 Å². The Labute approximate surface area is 149 Å². The van der Waals surface area contributed by atoms with Gasteiger partial charge in [0.05, 0.1) is 31.9 Å². The lowest BCUT2D eigenvalue weighted by Gasteiger charge is -2.00. The zero-order chi connectivity index (χ0) is 18.6. The maximum atomic E-state index is 11.3. The molecular weight excluding hydrogens is 372 g/mol. The van der Waals surface area contributed by atoms with E-state index in [0.29, 0.717) is 20.3 Å². The third kappa shape index (κ3) is 4.36. The Balaban J connectivity index is 2.35. The van der Waals surface area contributed by atoms with Gasteiger partial charge >= 0.3 is 11.1 Å². The van der Waals surface area contributed by atoms with E-state index in [2.05, 4.69) is 15.3 Å². The van der Waals surface area contributed by atoms with Gasteiger partial charge in [-0.05, 0) is 19.9 Å². The summed E-state index contributed by atoms with van der Waals surface area (Å²) in [5.74, 6) is 0. The van der Waals surface area contributed by atoms with Crippen LogP contribution in [0, 0.1) is 20.2 Å². The molecule has 0 bridgehead atoms. The van der Waals surface area contributed by atoms with Crippen molar-refractivity contribution < 1.29 is 19.4 Å². The van der Waals surface area contributed by atoms with E-state index in [9.17, 15) is 25.0 Å². The number of nitro groups is 2. The monoisotopic (exact) mass is 384 g/mol. The molecule has 0 aliphatic rings. The minimum atomic E-state index is -0.734. The van der Waals surface area contributed by atoms with Gasteiger partial charge in [-0.15, -0.1) is 11.3 Å². The van der Waals surface area contributed by atoms with Gasteiger partial charge in [0.25, 0.3) is 5.69 Å². The van der Waals surface area contributed by atoms with Crippen molar-refractivity contribution in [2.45, 2.75) is 13.8 Å². The van der Waals surface area contributed by atoms with Gasteiger partial charge in [0, 0.05) is 12.1 Å². The highest BCUT2D eigenvalue weighted by Crippen LogP contribution is 2.43. The highest BCUT2D eigenvalue weighted by Gasteiger charge is 2.24. The molecule has 0 aromatic carbocycles. The molecule has 1 amide bonds. The number of carbonyl (C=O) groups is 1. The quantitative estimate of drug-likeness (QED) is 0.457. The minimum Gasteiger partial charge on any atom is -0.449 e. The molecule has 0 saturated heterocycles. The zero-order valence-corrected chi connectivity index (χ0v) is 14.7. The number of amides is 1. The van der Waals surface area contributed by atoms with Crippen molar-refractivity contribution in [2.24, 2.45) is 5.10 Å². The molecular formula is C13H12N4O6S2. The summed E-state index contributed by atoms with van der Waals surface area (Å²) in [6.07, 6.45) is -0.734. The van der Waals surface area contributed by atoms with Crippen LogP contribution in [0.2, 0.25) is 0 Å². The molecule has 0 saturated carbocycles. The van der Waals surface area contributed by atoms with Crippen molar-refractivity contribution in [3.8, 4) is 9.75 Å².